The zero-order valence-corrected chi connectivity index (χ0v) is 12.8. The number of hydrogen-bond donors (Lipinski definition) is 1. The Labute approximate surface area is 129 Å². The molecule has 1 N–H and O–H groups in total. The van der Waals surface area contributed by atoms with E-state index in [0.717, 1.165) is 0 Å². The van der Waals surface area contributed by atoms with E-state index >= 15 is 0 Å². The summed E-state index contributed by atoms with van der Waals surface area (Å²) in [5.74, 6) is 0.0980. The van der Waals surface area contributed by atoms with Crippen LogP contribution in [0.2, 0.25) is 0 Å². The Balaban J connectivity index is 2.22. The minimum atomic E-state index is -0.285. The summed E-state index contributed by atoms with van der Waals surface area (Å²) in [4.78, 5) is 25.8. The number of carbonyl (C=O) groups excluding carboxylic acids is 2. The van der Waals surface area contributed by atoms with Crippen LogP contribution in [-0.4, -0.2) is 37.9 Å². The monoisotopic (exact) mass is 298 g/mol. The predicted octanol–water partition coefficient (Wildman–Crippen LogP) is 2.65. The Morgan fingerprint density at radius 2 is 1.77 bits per heavy atom. The second-order valence-corrected chi connectivity index (χ2v) is 4.93. The van der Waals surface area contributed by atoms with Gasteiger partial charge in [-0.25, -0.2) is 0 Å². The summed E-state index contributed by atoms with van der Waals surface area (Å²) >= 11 is 0. The number of amides is 2. The SMILES string of the molecule is COc1ccccc1C(=O)Nc1cccc(C(=O)N(C)C)c1. The van der Waals surface area contributed by atoms with Gasteiger partial charge in [-0.15, -0.1) is 0 Å². The first-order chi connectivity index (χ1) is 10.5. The second-order valence-electron chi connectivity index (χ2n) is 4.93. The van der Waals surface area contributed by atoms with Crippen LogP contribution in [0.15, 0.2) is 48.5 Å². The molecule has 0 aromatic heterocycles. The van der Waals surface area contributed by atoms with Crippen molar-refractivity contribution in [2.24, 2.45) is 0 Å². The molecule has 0 aliphatic carbocycles. The summed E-state index contributed by atoms with van der Waals surface area (Å²) < 4.78 is 5.18. The topological polar surface area (TPSA) is 58.6 Å². The summed E-state index contributed by atoms with van der Waals surface area (Å²) in [7, 11) is 4.88. The van der Waals surface area contributed by atoms with Gasteiger partial charge in [0.25, 0.3) is 11.8 Å². The summed E-state index contributed by atoms with van der Waals surface area (Å²) in [6.45, 7) is 0. The molecule has 5 nitrogen and oxygen atoms in total. The molecule has 22 heavy (non-hydrogen) atoms. The Morgan fingerprint density at radius 3 is 2.45 bits per heavy atom. The fourth-order valence-electron chi connectivity index (χ4n) is 2.02. The number of methoxy groups -OCH3 is 1. The highest BCUT2D eigenvalue weighted by molar-refractivity contribution is 6.06. The molecule has 114 valence electrons. The first-order valence-electron chi connectivity index (χ1n) is 6.79. The van der Waals surface area contributed by atoms with Crippen molar-refractivity contribution in [2.45, 2.75) is 0 Å². The van der Waals surface area contributed by atoms with Crippen LogP contribution in [-0.2, 0) is 0 Å². The van der Waals surface area contributed by atoms with Crippen molar-refractivity contribution in [3.05, 3.63) is 59.7 Å². The Hall–Kier alpha value is -2.82. The molecule has 2 amide bonds. The van der Waals surface area contributed by atoms with Gasteiger partial charge >= 0.3 is 0 Å². The van der Waals surface area contributed by atoms with Crippen molar-refractivity contribution in [2.75, 3.05) is 26.5 Å². The summed E-state index contributed by atoms with van der Waals surface area (Å²) in [5.41, 5.74) is 1.51. The van der Waals surface area contributed by atoms with Crippen LogP contribution in [0.3, 0.4) is 0 Å². The van der Waals surface area contributed by atoms with Crippen LogP contribution in [0.1, 0.15) is 20.7 Å². The van der Waals surface area contributed by atoms with E-state index in [1.165, 1.54) is 12.0 Å². The fourth-order valence-corrected chi connectivity index (χ4v) is 2.02. The minimum absolute atomic E-state index is 0.117. The van der Waals surface area contributed by atoms with Gasteiger partial charge in [-0.1, -0.05) is 18.2 Å². The van der Waals surface area contributed by atoms with Crippen molar-refractivity contribution < 1.29 is 14.3 Å². The number of para-hydroxylation sites is 1. The van der Waals surface area contributed by atoms with E-state index in [1.54, 1.807) is 62.6 Å². The van der Waals surface area contributed by atoms with E-state index < -0.39 is 0 Å². The predicted molar refractivity (Wildman–Crippen MR) is 85.4 cm³/mol. The number of benzene rings is 2. The lowest BCUT2D eigenvalue weighted by Gasteiger charge is -2.12. The number of rotatable bonds is 4. The van der Waals surface area contributed by atoms with E-state index in [-0.39, 0.29) is 11.8 Å². The molecule has 2 rings (SSSR count). The normalized spacial score (nSPS) is 9.95. The van der Waals surface area contributed by atoms with Gasteiger partial charge in [-0.05, 0) is 30.3 Å². The number of hydrogen-bond acceptors (Lipinski definition) is 3. The van der Waals surface area contributed by atoms with Gasteiger partial charge < -0.3 is 15.0 Å². The third-order valence-corrected chi connectivity index (χ3v) is 3.13. The Morgan fingerprint density at radius 1 is 1.05 bits per heavy atom. The van der Waals surface area contributed by atoms with E-state index in [4.69, 9.17) is 4.74 Å². The van der Waals surface area contributed by atoms with Gasteiger partial charge in [0, 0.05) is 25.3 Å². The highest BCUT2D eigenvalue weighted by Crippen LogP contribution is 2.19. The van der Waals surface area contributed by atoms with Crippen molar-refractivity contribution in [1.82, 2.24) is 4.90 Å². The number of anilines is 1. The van der Waals surface area contributed by atoms with Gasteiger partial charge in [-0.2, -0.15) is 0 Å². The second kappa shape index (κ2) is 6.76. The Kier molecular flexibility index (Phi) is 4.78. The third kappa shape index (κ3) is 3.44. The maximum Gasteiger partial charge on any atom is 0.259 e. The molecule has 2 aromatic carbocycles. The van der Waals surface area contributed by atoms with Gasteiger partial charge in [0.2, 0.25) is 0 Å². The average Bonchev–Trinajstić information content (AvgIpc) is 2.54. The summed E-state index contributed by atoms with van der Waals surface area (Å²) in [6.07, 6.45) is 0. The molecule has 0 saturated heterocycles. The van der Waals surface area contributed by atoms with Gasteiger partial charge in [0.15, 0.2) is 0 Å². The molecular formula is C17H18N2O3. The summed E-state index contributed by atoms with van der Waals surface area (Å²) in [5, 5.41) is 2.78. The van der Waals surface area contributed by atoms with E-state index in [1.807, 2.05) is 0 Å². The number of nitrogens with zero attached hydrogens (tertiary/aromatic N) is 1. The molecule has 0 aliphatic rings. The lowest BCUT2D eigenvalue weighted by molar-refractivity contribution is 0.0827. The molecule has 0 atom stereocenters. The molecule has 0 heterocycles. The molecule has 0 aliphatic heterocycles. The molecule has 0 spiro atoms. The molecule has 0 unspecified atom stereocenters. The first-order valence-corrected chi connectivity index (χ1v) is 6.79. The van der Waals surface area contributed by atoms with Crippen molar-refractivity contribution in [3.63, 3.8) is 0 Å². The smallest absolute Gasteiger partial charge is 0.259 e. The van der Waals surface area contributed by atoms with Gasteiger partial charge in [-0.3, -0.25) is 9.59 Å². The van der Waals surface area contributed by atoms with Crippen LogP contribution in [0, 0.1) is 0 Å². The molecule has 0 bridgehead atoms. The minimum Gasteiger partial charge on any atom is -0.496 e. The summed E-state index contributed by atoms with van der Waals surface area (Å²) in [6, 6.07) is 13.8. The molecule has 0 radical (unpaired) electrons. The van der Waals surface area contributed by atoms with E-state index in [2.05, 4.69) is 5.32 Å². The molecular weight excluding hydrogens is 280 g/mol. The number of nitrogens with one attached hydrogen (secondary N) is 1. The van der Waals surface area contributed by atoms with Crippen LogP contribution >= 0.6 is 0 Å². The molecule has 2 aromatic rings. The number of ether oxygens (including phenoxy) is 1. The maximum atomic E-state index is 12.3. The highest BCUT2D eigenvalue weighted by atomic mass is 16.5. The average molecular weight is 298 g/mol. The Bertz CT molecular complexity index is 696. The molecule has 0 saturated carbocycles. The van der Waals surface area contributed by atoms with Crippen molar-refractivity contribution >= 4 is 17.5 Å². The lowest BCUT2D eigenvalue weighted by Crippen LogP contribution is -2.22. The zero-order valence-electron chi connectivity index (χ0n) is 12.8. The zero-order chi connectivity index (χ0) is 16.1. The van der Waals surface area contributed by atoms with Gasteiger partial charge in [0.05, 0.1) is 12.7 Å². The standard InChI is InChI=1S/C17H18N2O3/c1-19(2)17(21)12-7-6-8-13(11-12)18-16(20)14-9-4-5-10-15(14)22-3/h4-11H,1-3H3,(H,18,20). The third-order valence-electron chi connectivity index (χ3n) is 3.13. The highest BCUT2D eigenvalue weighted by Gasteiger charge is 2.13. The van der Waals surface area contributed by atoms with Crippen LogP contribution in [0.25, 0.3) is 0 Å². The van der Waals surface area contributed by atoms with Crippen LogP contribution < -0.4 is 10.1 Å². The van der Waals surface area contributed by atoms with E-state index in [0.29, 0.717) is 22.6 Å². The fraction of sp³-hybridized carbons (Fsp3) is 0.176. The van der Waals surface area contributed by atoms with Crippen molar-refractivity contribution in [1.29, 1.82) is 0 Å². The van der Waals surface area contributed by atoms with Crippen LogP contribution in [0.4, 0.5) is 5.69 Å². The maximum absolute atomic E-state index is 12.3. The first kappa shape index (κ1) is 15.6. The molecule has 0 fully saturated rings. The number of carbonyl (C=O) groups is 2. The van der Waals surface area contributed by atoms with Crippen LogP contribution in [0.5, 0.6) is 5.75 Å². The largest absolute Gasteiger partial charge is 0.496 e. The van der Waals surface area contributed by atoms with Gasteiger partial charge in [0.1, 0.15) is 5.75 Å². The van der Waals surface area contributed by atoms with Crippen molar-refractivity contribution in [3.8, 4) is 5.75 Å². The van der Waals surface area contributed by atoms with E-state index in [9.17, 15) is 9.59 Å². The quantitative estimate of drug-likeness (QED) is 0.944. The lowest BCUT2D eigenvalue weighted by atomic mass is 10.1. The molecule has 5 heteroatoms.